The second-order valence-corrected chi connectivity index (χ2v) is 4.66. The van der Waals surface area contributed by atoms with Gasteiger partial charge in [0, 0.05) is 19.8 Å². The fourth-order valence-electron chi connectivity index (χ4n) is 1.88. The lowest BCUT2D eigenvalue weighted by Gasteiger charge is -2.35. The van der Waals surface area contributed by atoms with Crippen LogP contribution in [0, 0.1) is 5.92 Å². The fraction of sp³-hybridized carbons (Fsp3) is 0.909. The first-order chi connectivity index (χ1) is 7.84. The Morgan fingerprint density at radius 2 is 2.18 bits per heavy atom. The van der Waals surface area contributed by atoms with Crippen molar-refractivity contribution in [2.24, 2.45) is 5.92 Å². The van der Waals surface area contributed by atoms with Crippen molar-refractivity contribution in [2.45, 2.75) is 44.8 Å². The molecule has 0 heterocycles. The van der Waals surface area contributed by atoms with Crippen molar-refractivity contribution in [3.63, 3.8) is 0 Å². The van der Waals surface area contributed by atoms with Gasteiger partial charge < -0.3 is 15.2 Å². The summed E-state index contributed by atoms with van der Waals surface area (Å²) in [4.78, 5) is 10.8. The molecule has 100 valence electrons. The summed E-state index contributed by atoms with van der Waals surface area (Å²) in [5.41, 5.74) is 0. The van der Waals surface area contributed by atoms with Crippen LogP contribution in [0.25, 0.3) is 0 Å². The van der Waals surface area contributed by atoms with Crippen LogP contribution >= 0.6 is 0 Å². The number of carbonyl (C=O) groups is 1. The molecular weight excluding hydrogens is 232 g/mol. The number of alkyl halides is 2. The molecule has 1 aliphatic carbocycles. The first-order valence-corrected chi connectivity index (χ1v) is 5.71. The van der Waals surface area contributed by atoms with Crippen molar-refractivity contribution in [1.82, 2.24) is 5.32 Å². The minimum atomic E-state index is -2.54. The van der Waals surface area contributed by atoms with E-state index in [1.807, 2.05) is 0 Å². The van der Waals surface area contributed by atoms with Gasteiger partial charge in [0.2, 0.25) is 11.8 Å². The maximum absolute atomic E-state index is 12.6. The van der Waals surface area contributed by atoms with Crippen LogP contribution in [0.15, 0.2) is 0 Å². The molecule has 1 amide bonds. The highest BCUT2D eigenvalue weighted by Crippen LogP contribution is 2.42. The van der Waals surface area contributed by atoms with Crippen LogP contribution < -0.4 is 5.32 Å². The molecule has 1 rings (SSSR count). The maximum Gasteiger partial charge on any atom is 0.248 e. The topological polar surface area (TPSA) is 58.6 Å². The van der Waals surface area contributed by atoms with Crippen molar-refractivity contribution in [1.29, 1.82) is 0 Å². The first kappa shape index (κ1) is 14.3. The normalized spacial score (nSPS) is 22.6. The highest BCUT2D eigenvalue weighted by atomic mass is 19.3. The minimum absolute atomic E-state index is 0.121. The summed E-state index contributed by atoms with van der Waals surface area (Å²) < 4.78 is 30.5. The predicted molar refractivity (Wildman–Crippen MR) is 57.8 cm³/mol. The molecule has 2 atom stereocenters. The van der Waals surface area contributed by atoms with Crippen LogP contribution in [-0.4, -0.2) is 42.3 Å². The zero-order valence-electron chi connectivity index (χ0n) is 10.1. The Labute approximate surface area is 99.3 Å². The van der Waals surface area contributed by atoms with Gasteiger partial charge in [-0.3, -0.25) is 4.79 Å². The summed E-state index contributed by atoms with van der Waals surface area (Å²) in [5, 5.41) is 11.6. The second kappa shape index (κ2) is 5.73. The Morgan fingerprint density at radius 3 is 2.59 bits per heavy atom. The molecule has 1 saturated carbocycles. The average molecular weight is 251 g/mol. The van der Waals surface area contributed by atoms with E-state index < -0.39 is 18.1 Å². The van der Waals surface area contributed by atoms with Gasteiger partial charge in [-0.05, 0) is 12.8 Å². The molecule has 17 heavy (non-hydrogen) atoms. The Balaban J connectivity index is 2.23. The van der Waals surface area contributed by atoms with Gasteiger partial charge in [-0.1, -0.05) is 0 Å². The molecule has 1 fully saturated rings. The van der Waals surface area contributed by atoms with Crippen LogP contribution in [0.1, 0.15) is 26.7 Å². The number of aliphatic hydroxyl groups is 1. The van der Waals surface area contributed by atoms with E-state index >= 15 is 0 Å². The number of hydrogen-bond donors (Lipinski definition) is 2. The molecule has 0 aromatic carbocycles. The molecule has 4 nitrogen and oxygen atoms in total. The van der Waals surface area contributed by atoms with Gasteiger partial charge in [-0.15, -0.1) is 0 Å². The molecule has 0 radical (unpaired) electrons. The number of ether oxygens (including phenoxy) is 1. The van der Waals surface area contributed by atoms with E-state index in [-0.39, 0.29) is 37.9 Å². The van der Waals surface area contributed by atoms with Gasteiger partial charge >= 0.3 is 0 Å². The van der Waals surface area contributed by atoms with Crippen molar-refractivity contribution in [3.8, 4) is 0 Å². The smallest absolute Gasteiger partial charge is 0.248 e. The van der Waals surface area contributed by atoms with Crippen LogP contribution in [0.5, 0.6) is 0 Å². The van der Waals surface area contributed by atoms with E-state index in [0.29, 0.717) is 0 Å². The third-order valence-electron chi connectivity index (χ3n) is 2.92. The summed E-state index contributed by atoms with van der Waals surface area (Å²) in [5.74, 6) is -2.91. The average Bonchev–Trinajstić information content (AvgIpc) is 2.19. The molecule has 2 unspecified atom stereocenters. The van der Waals surface area contributed by atoms with Crippen LogP contribution in [-0.2, 0) is 9.53 Å². The van der Waals surface area contributed by atoms with E-state index in [9.17, 15) is 13.6 Å². The highest BCUT2D eigenvalue weighted by molar-refractivity contribution is 5.73. The van der Waals surface area contributed by atoms with E-state index in [4.69, 9.17) is 9.84 Å². The van der Waals surface area contributed by atoms with Crippen LogP contribution in [0.2, 0.25) is 0 Å². The number of hydrogen-bond acceptors (Lipinski definition) is 3. The zero-order valence-corrected chi connectivity index (χ0v) is 10.1. The summed E-state index contributed by atoms with van der Waals surface area (Å²) in [7, 11) is 0. The van der Waals surface area contributed by atoms with Crippen LogP contribution in [0.3, 0.4) is 0 Å². The van der Waals surface area contributed by atoms with Gasteiger partial charge in [-0.25, -0.2) is 8.78 Å². The van der Waals surface area contributed by atoms with Gasteiger partial charge in [0.25, 0.3) is 0 Å². The summed E-state index contributed by atoms with van der Waals surface area (Å²) in [6.45, 7) is 3.06. The number of halogens is 2. The molecule has 2 N–H and O–H groups in total. The molecule has 1 aliphatic rings. The van der Waals surface area contributed by atoms with Crippen molar-refractivity contribution in [3.05, 3.63) is 0 Å². The van der Waals surface area contributed by atoms with Gasteiger partial charge in [0.1, 0.15) is 0 Å². The van der Waals surface area contributed by atoms with Gasteiger partial charge in [-0.2, -0.15) is 0 Å². The van der Waals surface area contributed by atoms with E-state index in [2.05, 4.69) is 5.32 Å². The molecule has 0 aromatic rings. The summed E-state index contributed by atoms with van der Waals surface area (Å²) in [6, 6.07) is -0.493. The number of nitrogens with one attached hydrogen (secondary N) is 1. The van der Waals surface area contributed by atoms with Crippen molar-refractivity contribution >= 4 is 5.91 Å². The van der Waals surface area contributed by atoms with E-state index in [1.54, 1.807) is 6.92 Å². The van der Waals surface area contributed by atoms with Crippen LogP contribution in [0.4, 0.5) is 8.78 Å². The molecule has 0 spiro atoms. The largest absolute Gasteiger partial charge is 0.394 e. The van der Waals surface area contributed by atoms with E-state index in [0.717, 1.165) is 0 Å². The van der Waals surface area contributed by atoms with Crippen molar-refractivity contribution < 1.29 is 23.4 Å². The minimum Gasteiger partial charge on any atom is -0.394 e. The summed E-state index contributed by atoms with van der Waals surface area (Å²) >= 11 is 0. The molecule has 6 heteroatoms. The molecule has 0 bridgehead atoms. The Kier molecular flexibility index (Phi) is 4.82. The van der Waals surface area contributed by atoms with E-state index in [1.165, 1.54) is 6.92 Å². The number of carbonyl (C=O) groups excluding carboxylic acids is 1. The summed E-state index contributed by atoms with van der Waals surface area (Å²) in [6.07, 6.45) is -0.661. The van der Waals surface area contributed by atoms with Crippen molar-refractivity contribution in [2.75, 3.05) is 13.2 Å². The highest BCUT2D eigenvalue weighted by Gasteiger charge is 2.45. The molecular formula is C11H19F2NO3. The molecule has 0 aromatic heterocycles. The Hall–Kier alpha value is -0.750. The Bertz CT molecular complexity index is 265. The fourth-order valence-corrected chi connectivity index (χ4v) is 1.88. The third-order valence-corrected chi connectivity index (χ3v) is 2.92. The zero-order chi connectivity index (χ0) is 13.1. The molecule has 0 aliphatic heterocycles. The van der Waals surface area contributed by atoms with Gasteiger partial charge in [0.05, 0.1) is 25.4 Å². The second-order valence-electron chi connectivity index (χ2n) is 4.66. The third kappa shape index (κ3) is 4.55. The lowest BCUT2D eigenvalue weighted by Crippen LogP contribution is -2.46. The van der Waals surface area contributed by atoms with Gasteiger partial charge in [0.15, 0.2) is 0 Å². The SMILES string of the molecule is CC(=O)NC(CO)C(C)OCC1CC(F)(F)C1. The molecule has 0 saturated heterocycles. The first-order valence-electron chi connectivity index (χ1n) is 5.71. The lowest BCUT2D eigenvalue weighted by molar-refractivity contribution is -0.137. The standard InChI is InChI=1S/C11H19F2NO3/c1-7(10(5-15)14-8(2)16)17-6-9-3-11(12,13)4-9/h7,9-10,15H,3-6H2,1-2H3,(H,14,16). The Morgan fingerprint density at radius 1 is 1.59 bits per heavy atom. The number of aliphatic hydroxyl groups excluding tert-OH is 1. The number of rotatable bonds is 6. The quantitative estimate of drug-likeness (QED) is 0.738. The monoisotopic (exact) mass is 251 g/mol. The number of amides is 1. The maximum atomic E-state index is 12.6. The lowest BCUT2D eigenvalue weighted by atomic mass is 9.82. The predicted octanol–water partition coefficient (Wildman–Crippen LogP) is 0.934.